The Morgan fingerprint density at radius 2 is 1.77 bits per heavy atom. The summed E-state index contributed by atoms with van der Waals surface area (Å²) in [5.74, 6) is 0.887. The van der Waals surface area contributed by atoms with Crippen molar-refractivity contribution < 1.29 is 95.7 Å². The van der Waals surface area contributed by atoms with Gasteiger partial charge in [0.25, 0.3) is 0 Å². The monoisotopic (exact) mass is 562 g/mol. The Bertz CT molecular complexity index is 821. The zero-order valence-corrected chi connectivity index (χ0v) is 26.8. The first kappa shape index (κ1) is 28.0. The predicted octanol–water partition coefficient (Wildman–Crippen LogP) is 2.78. The number of fused-ring (bicyclic) bond motifs is 1. The van der Waals surface area contributed by atoms with Crippen molar-refractivity contribution in [2.24, 2.45) is 5.92 Å². The van der Waals surface area contributed by atoms with Crippen LogP contribution in [0.25, 0.3) is 5.32 Å². The molecule has 1 aliphatic carbocycles. The average molecular weight is 563 g/mol. The molecule has 0 saturated heterocycles. The van der Waals surface area contributed by atoms with E-state index in [-0.39, 0.29) is 96.8 Å². The van der Waals surface area contributed by atoms with Crippen molar-refractivity contribution >= 4 is 5.91 Å². The number of hydrogen-bond donors (Lipinski definition) is 0. The van der Waals surface area contributed by atoms with Crippen LogP contribution in [0, 0.1) is 12.5 Å². The van der Waals surface area contributed by atoms with Crippen molar-refractivity contribution in [1.82, 2.24) is 4.90 Å². The summed E-state index contributed by atoms with van der Waals surface area (Å²) in [5, 5.41) is 4.44. The minimum atomic E-state index is 0. The molecular weight excluding hydrogens is 531 g/mol. The number of rotatable bonds is 6. The van der Waals surface area contributed by atoms with Crippen LogP contribution in [0.5, 0.6) is 0 Å². The van der Waals surface area contributed by atoms with Crippen molar-refractivity contribution in [2.45, 2.75) is 57.4 Å². The molecule has 0 unspecified atom stereocenters. The first-order valence-electron chi connectivity index (χ1n) is 11.1. The van der Waals surface area contributed by atoms with Gasteiger partial charge in [-0.2, -0.15) is 13.5 Å². The SMILES string of the molecule is C[N-]C1CCC(C[CH-]N2CCCc3ccc(Cc4ccccc4)cc3C2=O)CC1.[Rb+].[Y]. The molecule has 1 aliphatic heterocycles. The number of carbonyl (C=O) groups excluding carboxylic acids is 1. The molecule has 1 radical (unpaired) electrons. The maximum atomic E-state index is 13.3. The Morgan fingerprint density at radius 1 is 1.03 bits per heavy atom. The van der Waals surface area contributed by atoms with E-state index in [0.717, 1.165) is 37.8 Å². The van der Waals surface area contributed by atoms with E-state index in [0.29, 0.717) is 12.0 Å². The molecule has 0 N–H and O–H groups in total. The van der Waals surface area contributed by atoms with Gasteiger partial charge in [-0.15, -0.1) is 6.04 Å². The second-order valence-electron chi connectivity index (χ2n) is 8.61. The third kappa shape index (κ3) is 7.91. The van der Waals surface area contributed by atoms with Crippen LogP contribution in [0.3, 0.4) is 0 Å². The Balaban J connectivity index is 0.00000171. The van der Waals surface area contributed by atoms with Gasteiger partial charge in [-0.05, 0) is 48.6 Å². The molecule has 0 spiro atoms. The Kier molecular flexibility index (Phi) is 12.9. The number of amides is 1. The van der Waals surface area contributed by atoms with Crippen LogP contribution < -0.4 is 58.2 Å². The van der Waals surface area contributed by atoms with Gasteiger partial charge >= 0.3 is 58.2 Å². The normalized spacial score (nSPS) is 20.8. The van der Waals surface area contributed by atoms with Gasteiger partial charge in [0.1, 0.15) is 0 Å². The molecule has 5 heteroatoms. The summed E-state index contributed by atoms with van der Waals surface area (Å²) in [5.41, 5.74) is 4.60. The van der Waals surface area contributed by atoms with Crippen LogP contribution in [0.15, 0.2) is 48.5 Å². The largest absolute Gasteiger partial charge is 1.00 e. The van der Waals surface area contributed by atoms with E-state index in [1.54, 1.807) is 0 Å². The van der Waals surface area contributed by atoms with Crippen LogP contribution in [0.4, 0.5) is 0 Å². The van der Waals surface area contributed by atoms with Crippen LogP contribution in [-0.4, -0.2) is 30.4 Å². The van der Waals surface area contributed by atoms with Gasteiger partial charge in [0.2, 0.25) is 5.91 Å². The number of hydrogen-bond acceptors (Lipinski definition) is 1. The zero-order chi connectivity index (χ0) is 20.1. The second-order valence-corrected chi connectivity index (χ2v) is 8.61. The van der Waals surface area contributed by atoms with E-state index in [9.17, 15) is 4.79 Å². The molecule has 0 bridgehead atoms. The summed E-state index contributed by atoms with van der Waals surface area (Å²) in [6.07, 6.45) is 8.78. The molecular formula is C26H32N2ORbY-. The van der Waals surface area contributed by atoms with Crippen LogP contribution in [-0.2, 0) is 45.6 Å². The summed E-state index contributed by atoms with van der Waals surface area (Å²) in [7, 11) is 1.94. The van der Waals surface area contributed by atoms with E-state index >= 15 is 0 Å². The van der Waals surface area contributed by atoms with Gasteiger partial charge in [0, 0.05) is 38.3 Å². The third-order valence-electron chi connectivity index (χ3n) is 6.60. The summed E-state index contributed by atoms with van der Waals surface area (Å²) in [4.78, 5) is 15.3. The van der Waals surface area contributed by atoms with Gasteiger partial charge in [-0.1, -0.05) is 74.1 Å². The molecule has 2 aliphatic rings. The molecule has 4 rings (SSSR count). The molecule has 2 aromatic rings. The number of carbonyl (C=O) groups is 1. The molecule has 31 heavy (non-hydrogen) atoms. The molecule has 0 aromatic heterocycles. The minimum absolute atomic E-state index is 0. The fraction of sp³-hybridized carbons (Fsp3) is 0.462. The van der Waals surface area contributed by atoms with Gasteiger partial charge in [0.05, 0.1) is 0 Å². The van der Waals surface area contributed by atoms with Crippen molar-refractivity contribution in [3.05, 3.63) is 82.6 Å². The summed E-state index contributed by atoms with van der Waals surface area (Å²) >= 11 is 0. The number of benzene rings is 2. The Labute approximate surface area is 262 Å². The van der Waals surface area contributed by atoms with E-state index in [1.807, 2.05) is 18.0 Å². The van der Waals surface area contributed by atoms with E-state index in [2.05, 4.69) is 54.3 Å². The van der Waals surface area contributed by atoms with Gasteiger partial charge in [-0.25, -0.2) is 6.54 Å². The molecule has 1 amide bonds. The standard InChI is InChI=1S/C26H32N2O.Rb.Y/c1-27-24-13-10-20(11-14-24)15-17-28-16-5-8-23-12-9-22(19-25(23)26(28)29)18-21-6-3-2-4-7-21;;/h2-4,6-7,9,12,17,19-20,24H,5,8,10-11,13-16,18H2,1H3;;/q-2;+1;. The van der Waals surface area contributed by atoms with Gasteiger partial charge in [0.15, 0.2) is 0 Å². The van der Waals surface area contributed by atoms with Crippen LogP contribution in [0.1, 0.15) is 65.6 Å². The first-order valence-corrected chi connectivity index (χ1v) is 11.1. The van der Waals surface area contributed by atoms with Crippen molar-refractivity contribution in [2.75, 3.05) is 13.6 Å². The summed E-state index contributed by atoms with van der Waals surface area (Å²) in [6, 6.07) is 17.5. The quantitative estimate of drug-likeness (QED) is 0.499. The molecule has 2 aromatic carbocycles. The first-order chi connectivity index (χ1) is 14.2. The van der Waals surface area contributed by atoms with Crippen LogP contribution in [0.2, 0.25) is 0 Å². The predicted molar refractivity (Wildman–Crippen MR) is 119 cm³/mol. The van der Waals surface area contributed by atoms with E-state index < -0.39 is 0 Å². The van der Waals surface area contributed by atoms with Gasteiger partial charge < -0.3 is 10.2 Å². The van der Waals surface area contributed by atoms with E-state index in [4.69, 9.17) is 0 Å². The maximum absolute atomic E-state index is 13.3. The van der Waals surface area contributed by atoms with Crippen molar-refractivity contribution in [3.63, 3.8) is 0 Å². The number of aryl methyl sites for hydroxylation is 1. The molecule has 3 nitrogen and oxygen atoms in total. The molecule has 1 heterocycles. The smallest absolute Gasteiger partial charge is 0.662 e. The Morgan fingerprint density at radius 3 is 2.48 bits per heavy atom. The maximum Gasteiger partial charge on any atom is 1.00 e. The van der Waals surface area contributed by atoms with Gasteiger partial charge in [-0.3, -0.25) is 4.79 Å². The number of nitrogens with zero attached hydrogens (tertiary/aromatic N) is 2. The molecule has 157 valence electrons. The zero-order valence-electron chi connectivity index (χ0n) is 19.1. The molecule has 1 fully saturated rings. The minimum Gasteiger partial charge on any atom is -0.662 e. The second kappa shape index (κ2) is 14.2. The van der Waals surface area contributed by atoms with Crippen molar-refractivity contribution in [1.29, 1.82) is 0 Å². The average Bonchev–Trinajstić information content (AvgIpc) is 2.92. The van der Waals surface area contributed by atoms with E-state index in [1.165, 1.54) is 42.4 Å². The fourth-order valence-corrected chi connectivity index (χ4v) is 4.77. The summed E-state index contributed by atoms with van der Waals surface area (Å²) < 4.78 is 0. The third-order valence-corrected chi connectivity index (χ3v) is 6.60. The molecule has 0 atom stereocenters. The van der Waals surface area contributed by atoms with Crippen molar-refractivity contribution in [3.8, 4) is 0 Å². The van der Waals surface area contributed by atoms with Crippen LogP contribution >= 0.6 is 0 Å². The molecule has 1 saturated carbocycles. The summed E-state index contributed by atoms with van der Waals surface area (Å²) in [6.45, 7) is 3.02. The Hall–Kier alpha value is 0.779. The topological polar surface area (TPSA) is 34.4 Å². The fourth-order valence-electron chi connectivity index (χ4n) is 4.77.